The van der Waals surface area contributed by atoms with Gasteiger partial charge in [-0.3, -0.25) is 4.57 Å². The van der Waals surface area contributed by atoms with Crippen molar-refractivity contribution in [2.24, 2.45) is 0 Å². The quantitative estimate of drug-likeness (QED) is 0.287. The van der Waals surface area contributed by atoms with Crippen LogP contribution >= 0.6 is 7.60 Å². The molecule has 0 spiro atoms. The maximum atomic E-state index is 12.0. The molecule has 0 aliphatic carbocycles. The minimum Gasteiger partial charge on any atom is -0.507 e. The van der Waals surface area contributed by atoms with Crippen molar-refractivity contribution in [3.05, 3.63) is 39.5 Å². The summed E-state index contributed by atoms with van der Waals surface area (Å²) in [6, 6.07) is 0. The molecule has 0 saturated carbocycles. The maximum Gasteiger partial charge on any atom is 0.342 e. The molecule has 1 heterocycles. The molecule has 11 heteroatoms. The summed E-state index contributed by atoms with van der Waals surface area (Å²) in [6.07, 6.45) is 3.08. The van der Waals surface area contributed by atoms with Gasteiger partial charge in [0.05, 0.1) is 12.4 Å². The average Bonchev–Trinajstić information content (AvgIpc) is 3.00. The number of carbonyl (C=O) groups is 1. The van der Waals surface area contributed by atoms with E-state index in [1.807, 2.05) is 13.8 Å². The van der Waals surface area contributed by atoms with E-state index < -0.39 is 29.8 Å². The minimum atomic E-state index is -4.33. The number of nitrogens with zero attached hydrogens (tertiary/aromatic N) is 1. The third-order valence-corrected chi connectivity index (χ3v) is 7.22. The second-order valence-corrected chi connectivity index (χ2v) is 11.2. The van der Waals surface area contributed by atoms with E-state index in [4.69, 9.17) is 14.5 Å². The molecule has 0 radical (unpaired) electrons. The highest BCUT2D eigenvalue weighted by molar-refractivity contribution is 7.88. The van der Waals surface area contributed by atoms with Crippen molar-refractivity contribution in [2.45, 2.75) is 40.2 Å². The van der Waals surface area contributed by atoms with E-state index in [9.17, 15) is 22.9 Å². The summed E-state index contributed by atoms with van der Waals surface area (Å²) in [5.74, 6) is -0.670. The molecule has 0 saturated heterocycles. The van der Waals surface area contributed by atoms with E-state index in [0.29, 0.717) is 23.1 Å². The number of phenolic OH excluding ortho intramolecular Hbond substituents is 1. The van der Waals surface area contributed by atoms with E-state index in [1.165, 1.54) is 0 Å². The Morgan fingerprint density at radius 2 is 1.93 bits per heavy atom. The van der Waals surface area contributed by atoms with Crippen molar-refractivity contribution >= 4 is 23.6 Å². The van der Waals surface area contributed by atoms with Crippen molar-refractivity contribution in [3.8, 4) is 5.75 Å². The van der Waals surface area contributed by atoms with Gasteiger partial charge in [0, 0.05) is 24.2 Å². The van der Waals surface area contributed by atoms with Crippen molar-refractivity contribution in [1.82, 2.24) is 4.31 Å². The molecule has 1 aliphatic heterocycles. The van der Waals surface area contributed by atoms with E-state index in [1.54, 1.807) is 13.0 Å². The number of hydrogen-bond donors (Lipinski definition) is 3. The molecule has 0 bridgehead atoms. The number of sulfonamides is 1. The molecule has 9 nitrogen and oxygen atoms in total. The van der Waals surface area contributed by atoms with Gasteiger partial charge in [-0.25, -0.2) is 13.2 Å². The molecule has 0 unspecified atom stereocenters. The van der Waals surface area contributed by atoms with Gasteiger partial charge in [-0.05, 0) is 37.8 Å². The number of aromatic hydroxyl groups is 1. The summed E-state index contributed by atoms with van der Waals surface area (Å²) in [6.45, 7) is 5.33. The Labute approximate surface area is 176 Å². The van der Waals surface area contributed by atoms with Crippen LogP contribution in [-0.2, 0) is 38.8 Å². The molecule has 30 heavy (non-hydrogen) atoms. The monoisotopic (exact) mass is 461 g/mol. The van der Waals surface area contributed by atoms with Crippen LogP contribution in [0.2, 0.25) is 0 Å². The van der Waals surface area contributed by atoms with E-state index in [0.717, 1.165) is 21.7 Å². The number of allylic oxidation sites excluding steroid dienone is 1. The van der Waals surface area contributed by atoms with Crippen LogP contribution in [0.4, 0.5) is 0 Å². The lowest BCUT2D eigenvalue weighted by molar-refractivity contribution is 0.0533. The standard InChI is InChI=1S/C19H28NO8PS/c1-5-14-13(3)16-11-28-19(22)17(16)18(21)15(14)7-6-12(2)10-20(30(4,26)27)8-9-29(23,24)25/h6,21H,5,7-11H2,1-4H3,(H2,23,24,25). The van der Waals surface area contributed by atoms with Crippen LogP contribution in [0.5, 0.6) is 5.75 Å². The normalized spacial score (nSPS) is 14.9. The molecule has 0 amide bonds. The molecule has 1 aromatic rings. The van der Waals surface area contributed by atoms with E-state index >= 15 is 0 Å². The van der Waals surface area contributed by atoms with Crippen LogP contribution in [0.25, 0.3) is 0 Å². The summed E-state index contributed by atoms with van der Waals surface area (Å²) in [7, 11) is -8.00. The van der Waals surface area contributed by atoms with Crippen molar-refractivity contribution in [2.75, 3.05) is 25.5 Å². The number of esters is 1. The lowest BCUT2D eigenvalue weighted by Crippen LogP contribution is -2.34. The number of ether oxygens (including phenoxy) is 1. The van der Waals surface area contributed by atoms with Crippen molar-refractivity contribution in [1.29, 1.82) is 0 Å². The lowest BCUT2D eigenvalue weighted by atomic mass is 9.89. The number of hydrogen-bond acceptors (Lipinski definition) is 6. The Bertz CT molecular complexity index is 1030. The Balaban J connectivity index is 2.30. The molecule has 3 N–H and O–H groups in total. The summed E-state index contributed by atoms with van der Waals surface area (Å²) in [5.41, 5.74) is 3.93. The molecule has 168 valence electrons. The van der Waals surface area contributed by atoms with Gasteiger partial charge in [-0.15, -0.1) is 0 Å². The minimum absolute atomic E-state index is 0.0347. The predicted octanol–water partition coefficient (Wildman–Crippen LogP) is 1.86. The highest BCUT2D eigenvalue weighted by atomic mass is 32.2. The third-order valence-electron chi connectivity index (χ3n) is 5.19. The van der Waals surface area contributed by atoms with E-state index in [-0.39, 0.29) is 37.4 Å². The van der Waals surface area contributed by atoms with Crippen molar-refractivity contribution in [3.63, 3.8) is 0 Å². The Hall–Kier alpha value is -1.71. The Morgan fingerprint density at radius 3 is 2.47 bits per heavy atom. The van der Waals surface area contributed by atoms with Gasteiger partial charge in [0.25, 0.3) is 0 Å². The highest BCUT2D eigenvalue weighted by Crippen LogP contribution is 2.38. The topological polar surface area (TPSA) is 141 Å². The Morgan fingerprint density at radius 1 is 1.30 bits per heavy atom. The van der Waals surface area contributed by atoms with Crippen LogP contribution in [0.1, 0.15) is 46.5 Å². The van der Waals surface area contributed by atoms with Crippen LogP contribution in [0.3, 0.4) is 0 Å². The fraction of sp³-hybridized carbons (Fsp3) is 0.526. The summed E-state index contributed by atoms with van der Waals surface area (Å²) in [4.78, 5) is 30.1. The highest BCUT2D eigenvalue weighted by Gasteiger charge is 2.31. The van der Waals surface area contributed by atoms with Gasteiger partial charge >= 0.3 is 13.6 Å². The number of carbonyl (C=O) groups excluding carboxylic acids is 1. The molecule has 1 aliphatic rings. The number of benzene rings is 1. The second-order valence-electron chi connectivity index (χ2n) is 7.45. The largest absolute Gasteiger partial charge is 0.507 e. The van der Waals surface area contributed by atoms with Gasteiger partial charge < -0.3 is 19.6 Å². The second kappa shape index (κ2) is 9.20. The smallest absolute Gasteiger partial charge is 0.342 e. The van der Waals surface area contributed by atoms with E-state index in [2.05, 4.69) is 0 Å². The Kier molecular flexibility index (Phi) is 7.53. The SMILES string of the molecule is CCc1c(C)c2c(c(O)c1CC=C(C)CN(CCP(=O)(O)O)S(C)(=O)=O)C(=O)OC2. The number of phenols is 1. The van der Waals surface area contributed by atoms with Crippen LogP contribution < -0.4 is 0 Å². The summed E-state index contributed by atoms with van der Waals surface area (Å²) < 4.78 is 41.1. The summed E-state index contributed by atoms with van der Waals surface area (Å²) in [5, 5.41) is 10.7. The van der Waals surface area contributed by atoms with Crippen molar-refractivity contribution < 1.29 is 37.4 Å². The predicted molar refractivity (Wildman–Crippen MR) is 112 cm³/mol. The molecule has 1 aromatic carbocycles. The zero-order valence-electron chi connectivity index (χ0n) is 17.5. The summed E-state index contributed by atoms with van der Waals surface area (Å²) >= 11 is 0. The van der Waals surface area contributed by atoms with Gasteiger partial charge in [0.1, 0.15) is 17.9 Å². The zero-order chi connectivity index (χ0) is 22.9. The fourth-order valence-corrected chi connectivity index (χ4v) is 5.06. The molecule has 0 fully saturated rings. The van der Waals surface area contributed by atoms with Gasteiger partial charge in [0.15, 0.2) is 0 Å². The van der Waals surface area contributed by atoms with Gasteiger partial charge in [0.2, 0.25) is 10.0 Å². The number of rotatable bonds is 9. The third kappa shape index (κ3) is 5.70. The first-order valence-corrected chi connectivity index (χ1v) is 13.1. The first-order valence-electron chi connectivity index (χ1n) is 9.44. The zero-order valence-corrected chi connectivity index (χ0v) is 19.2. The molecule has 2 rings (SSSR count). The van der Waals surface area contributed by atoms with Gasteiger partial charge in [-0.1, -0.05) is 18.6 Å². The number of cyclic esters (lactones) is 1. The molecular weight excluding hydrogens is 433 g/mol. The average molecular weight is 461 g/mol. The molecule has 0 aromatic heterocycles. The van der Waals surface area contributed by atoms with Crippen LogP contribution in [0, 0.1) is 6.92 Å². The first-order chi connectivity index (χ1) is 13.8. The molecule has 0 atom stereocenters. The van der Waals surface area contributed by atoms with Gasteiger partial charge in [-0.2, -0.15) is 4.31 Å². The molecular formula is C19H28NO8PS. The van der Waals surface area contributed by atoms with Crippen LogP contribution in [-0.4, -0.2) is 59.1 Å². The van der Waals surface area contributed by atoms with Crippen LogP contribution in [0.15, 0.2) is 11.6 Å². The number of fused-ring (bicyclic) bond motifs is 1. The first kappa shape index (κ1) is 24.6. The fourth-order valence-electron chi connectivity index (χ4n) is 3.56. The lowest BCUT2D eigenvalue weighted by Gasteiger charge is -2.21. The maximum absolute atomic E-state index is 12.0.